The predicted molar refractivity (Wildman–Crippen MR) is 122 cm³/mol. The van der Waals surface area contributed by atoms with E-state index in [9.17, 15) is 0 Å². The lowest BCUT2D eigenvalue weighted by atomic mass is 9.80. The minimum Gasteiger partial charge on any atom is -0.380 e. The van der Waals surface area contributed by atoms with Crippen molar-refractivity contribution in [3.63, 3.8) is 0 Å². The number of rotatable bonds is 8. The highest BCUT2D eigenvalue weighted by Gasteiger charge is 2.38. The molecule has 3 aromatic carbocycles. The molecule has 1 saturated heterocycles. The predicted octanol–water partition coefficient (Wildman–Crippen LogP) is 5.10. The standard InChI is InChI=1S/C27H31NO2/c1-22(28-19-18-26(20-28)29-2)21-30-27(23-12-6-3-7-13-23,24-14-8-4-9-15-24)25-16-10-5-11-17-25/h3-17,22,26H,18-21H2,1-2H3. The molecular formula is C27H31NO2. The number of methoxy groups -OCH3 is 1. The Kier molecular flexibility index (Phi) is 6.63. The highest BCUT2D eigenvalue weighted by Crippen LogP contribution is 2.40. The van der Waals surface area contributed by atoms with Crippen LogP contribution in [0.2, 0.25) is 0 Å². The maximum atomic E-state index is 6.95. The third-order valence-corrected chi connectivity index (χ3v) is 6.22. The molecule has 156 valence electrons. The summed E-state index contributed by atoms with van der Waals surface area (Å²) in [5.74, 6) is 0. The Labute approximate surface area is 180 Å². The Morgan fingerprint density at radius 3 is 1.70 bits per heavy atom. The van der Waals surface area contributed by atoms with E-state index in [4.69, 9.17) is 9.47 Å². The smallest absolute Gasteiger partial charge is 0.143 e. The summed E-state index contributed by atoms with van der Waals surface area (Å²) in [5.41, 5.74) is 2.78. The Balaban J connectivity index is 1.72. The van der Waals surface area contributed by atoms with Gasteiger partial charge in [0.25, 0.3) is 0 Å². The summed E-state index contributed by atoms with van der Waals surface area (Å²) in [6.07, 6.45) is 1.41. The van der Waals surface area contributed by atoms with Crippen molar-refractivity contribution in [2.75, 3.05) is 26.8 Å². The van der Waals surface area contributed by atoms with Crippen molar-refractivity contribution in [3.8, 4) is 0 Å². The van der Waals surface area contributed by atoms with Gasteiger partial charge in [0.05, 0.1) is 12.7 Å². The molecule has 0 aromatic heterocycles. The van der Waals surface area contributed by atoms with Crippen LogP contribution in [0.3, 0.4) is 0 Å². The summed E-state index contributed by atoms with van der Waals surface area (Å²) in [5, 5.41) is 0. The van der Waals surface area contributed by atoms with E-state index >= 15 is 0 Å². The summed E-state index contributed by atoms with van der Waals surface area (Å²) >= 11 is 0. The Morgan fingerprint density at radius 2 is 1.30 bits per heavy atom. The molecule has 0 spiro atoms. The van der Waals surface area contributed by atoms with Crippen LogP contribution in [0.4, 0.5) is 0 Å². The van der Waals surface area contributed by atoms with Crippen LogP contribution in [0.25, 0.3) is 0 Å². The van der Waals surface area contributed by atoms with E-state index in [1.165, 1.54) is 0 Å². The summed E-state index contributed by atoms with van der Waals surface area (Å²) in [6, 6.07) is 32.0. The zero-order valence-corrected chi connectivity index (χ0v) is 17.9. The highest BCUT2D eigenvalue weighted by atomic mass is 16.5. The minimum absolute atomic E-state index is 0.306. The number of hydrogen-bond donors (Lipinski definition) is 0. The average Bonchev–Trinajstić information content (AvgIpc) is 3.31. The van der Waals surface area contributed by atoms with Crippen LogP contribution >= 0.6 is 0 Å². The molecule has 3 aromatic rings. The maximum absolute atomic E-state index is 6.95. The number of ether oxygens (including phenoxy) is 2. The fraction of sp³-hybridized carbons (Fsp3) is 0.333. The fourth-order valence-electron chi connectivity index (χ4n) is 4.47. The molecule has 0 saturated carbocycles. The Hall–Kier alpha value is -2.46. The molecule has 4 rings (SSSR count). The van der Waals surface area contributed by atoms with Gasteiger partial charge in [-0.05, 0) is 30.0 Å². The van der Waals surface area contributed by atoms with Gasteiger partial charge in [0.2, 0.25) is 0 Å². The summed E-state index contributed by atoms with van der Waals surface area (Å²) in [7, 11) is 1.81. The minimum atomic E-state index is -0.654. The van der Waals surface area contributed by atoms with Crippen LogP contribution in [0.15, 0.2) is 91.0 Å². The average molecular weight is 402 g/mol. The maximum Gasteiger partial charge on any atom is 0.143 e. The van der Waals surface area contributed by atoms with Crippen molar-refractivity contribution in [1.82, 2.24) is 4.90 Å². The van der Waals surface area contributed by atoms with Gasteiger partial charge in [-0.3, -0.25) is 4.90 Å². The van der Waals surface area contributed by atoms with Crippen LogP contribution < -0.4 is 0 Å². The molecular weight excluding hydrogens is 370 g/mol. The SMILES string of the molecule is COC1CCN(C(C)COC(c2ccccc2)(c2ccccc2)c2ccccc2)C1. The number of hydrogen-bond acceptors (Lipinski definition) is 3. The summed E-state index contributed by atoms with van der Waals surface area (Å²) < 4.78 is 12.5. The van der Waals surface area contributed by atoms with Gasteiger partial charge < -0.3 is 9.47 Å². The third-order valence-electron chi connectivity index (χ3n) is 6.22. The van der Waals surface area contributed by atoms with Gasteiger partial charge in [0.15, 0.2) is 0 Å². The Bertz CT molecular complexity index is 801. The highest BCUT2D eigenvalue weighted by molar-refractivity contribution is 5.47. The first-order valence-corrected chi connectivity index (χ1v) is 10.8. The van der Waals surface area contributed by atoms with Gasteiger partial charge in [-0.25, -0.2) is 0 Å². The topological polar surface area (TPSA) is 21.7 Å². The van der Waals surface area contributed by atoms with Gasteiger partial charge in [-0.15, -0.1) is 0 Å². The second kappa shape index (κ2) is 9.57. The molecule has 0 aliphatic carbocycles. The monoisotopic (exact) mass is 401 g/mol. The van der Waals surface area contributed by atoms with Crippen LogP contribution in [0, 0.1) is 0 Å². The molecule has 30 heavy (non-hydrogen) atoms. The molecule has 2 atom stereocenters. The molecule has 0 bridgehead atoms. The quantitative estimate of drug-likeness (QED) is 0.490. The number of benzene rings is 3. The molecule has 0 amide bonds. The van der Waals surface area contributed by atoms with Gasteiger partial charge >= 0.3 is 0 Å². The van der Waals surface area contributed by atoms with E-state index in [2.05, 4.69) is 103 Å². The normalized spacial score (nSPS) is 18.4. The van der Waals surface area contributed by atoms with Gasteiger partial charge in [0, 0.05) is 26.2 Å². The first-order chi connectivity index (χ1) is 14.7. The first kappa shape index (κ1) is 20.8. The van der Waals surface area contributed by atoms with Crippen molar-refractivity contribution < 1.29 is 9.47 Å². The van der Waals surface area contributed by atoms with E-state index in [-0.39, 0.29) is 0 Å². The van der Waals surface area contributed by atoms with Crippen molar-refractivity contribution in [1.29, 1.82) is 0 Å². The first-order valence-electron chi connectivity index (χ1n) is 10.8. The second-order valence-electron chi connectivity index (χ2n) is 8.08. The lowest BCUT2D eigenvalue weighted by Gasteiger charge is -2.38. The number of nitrogens with zero attached hydrogens (tertiary/aromatic N) is 1. The van der Waals surface area contributed by atoms with Crippen LogP contribution in [-0.2, 0) is 15.1 Å². The Morgan fingerprint density at radius 1 is 0.833 bits per heavy atom. The van der Waals surface area contributed by atoms with Crippen LogP contribution in [0.1, 0.15) is 30.0 Å². The van der Waals surface area contributed by atoms with Gasteiger partial charge in [-0.2, -0.15) is 0 Å². The molecule has 3 heteroatoms. The summed E-state index contributed by atoms with van der Waals surface area (Å²) in [6.45, 7) is 4.91. The molecule has 1 heterocycles. The van der Waals surface area contributed by atoms with E-state index in [0.717, 1.165) is 36.2 Å². The molecule has 1 aliphatic heterocycles. The summed E-state index contributed by atoms with van der Waals surface area (Å²) in [4.78, 5) is 2.47. The van der Waals surface area contributed by atoms with E-state index < -0.39 is 5.60 Å². The zero-order chi connectivity index (χ0) is 20.8. The van der Waals surface area contributed by atoms with Crippen LogP contribution in [0.5, 0.6) is 0 Å². The molecule has 1 aliphatic rings. The molecule has 0 N–H and O–H groups in total. The van der Waals surface area contributed by atoms with E-state index in [1.54, 1.807) is 7.11 Å². The third kappa shape index (κ3) is 4.20. The van der Waals surface area contributed by atoms with Crippen molar-refractivity contribution in [2.45, 2.75) is 31.1 Å². The second-order valence-corrected chi connectivity index (χ2v) is 8.08. The lowest BCUT2D eigenvalue weighted by molar-refractivity contribution is -0.0182. The lowest BCUT2D eigenvalue weighted by Crippen LogP contribution is -2.40. The molecule has 2 unspecified atom stereocenters. The van der Waals surface area contributed by atoms with Gasteiger partial charge in [0.1, 0.15) is 5.60 Å². The fourth-order valence-corrected chi connectivity index (χ4v) is 4.47. The van der Waals surface area contributed by atoms with E-state index in [0.29, 0.717) is 18.8 Å². The largest absolute Gasteiger partial charge is 0.380 e. The molecule has 3 nitrogen and oxygen atoms in total. The molecule has 0 radical (unpaired) electrons. The number of likely N-dealkylation sites (tertiary alicyclic amines) is 1. The van der Waals surface area contributed by atoms with Gasteiger partial charge in [-0.1, -0.05) is 91.0 Å². The molecule has 1 fully saturated rings. The van der Waals surface area contributed by atoms with E-state index in [1.807, 2.05) is 0 Å². The van der Waals surface area contributed by atoms with Crippen LogP contribution in [-0.4, -0.2) is 43.9 Å². The zero-order valence-electron chi connectivity index (χ0n) is 17.9. The van der Waals surface area contributed by atoms with Crippen molar-refractivity contribution in [3.05, 3.63) is 108 Å². The van der Waals surface area contributed by atoms with Crippen molar-refractivity contribution in [2.24, 2.45) is 0 Å². The van der Waals surface area contributed by atoms with Crippen molar-refractivity contribution >= 4 is 0 Å².